The van der Waals surface area contributed by atoms with E-state index in [1.54, 1.807) is 0 Å². The van der Waals surface area contributed by atoms with Crippen molar-refractivity contribution in [1.82, 2.24) is 10.6 Å². The minimum atomic E-state index is 0.0237. The zero-order valence-electron chi connectivity index (χ0n) is 11.4. The lowest BCUT2D eigenvalue weighted by molar-refractivity contribution is -0.121. The summed E-state index contributed by atoms with van der Waals surface area (Å²) in [6, 6.07) is 6.07. The molecule has 0 spiro atoms. The lowest BCUT2D eigenvalue weighted by Gasteiger charge is -2.10. The average Bonchev–Trinajstić information content (AvgIpc) is 2.34. The molecule has 0 radical (unpaired) electrons. The number of carbonyl (C=O) groups excluding carboxylic acids is 1. The van der Waals surface area contributed by atoms with E-state index in [0.29, 0.717) is 19.6 Å². The van der Waals surface area contributed by atoms with E-state index in [1.165, 1.54) is 0 Å². The predicted molar refractivity (Wildman–Crippen MR) is 73.0 cm³/mol. The predicted octanol–water partition coefficient (Wildman–Crippen LogP) is 1.41. The first kappa shape index (κ1) is 14.5. The first-order chi connectivity index (χ1) is 8.63. The van der Waals surface area contributed by atoms with Gasteiger partial charge in [0.2, 0.25) is 5.91 Å². The average molecular weight is 250 g/mol. The molecule has 0 saturated carbocycles. The highest BCUT2D eigenvalue weighted by molar-refractivity contribution is 5.75. The topological polar surface area (TPSA) is 50.4 Å². The van der Waals surface area contributed by atoms with Crippen molar-refractivity contribution >= 4 is 5.91 Å². The van der Waals surface area contributed by atoms with E-state index in [-0.39, 0.29) is 5.91 Å². The molecule has 0 bridgehead atoms. The second kappa shape index (κ2) is 7.71. The molecule has 1 rings (SSSR count). The molecular formula is C14H22N2O2. The molecule has 4 heteroatoms. The SMILES string of the molecule is CNCCNC(=O)CCOc1cc(C)ccc1C. The van der Waals surface area contributed by atoms with Crippen LogP contribution in [0.3, 0.4) is 0 Å². The normalized spacial score (nSPS) is 10.2. The van der Waals surface area contributed by atoms with Crippen molar-refractivity contribution < 1.29 is 9.53 Å². The number of aryl methyl sites for hydroxylation is 2. The van der Waals surface area contributed by atoms with Crippen molar-refractivity contribution in [3.63, 3.8) is 0 Å². The van der Waals surface area contributed by atoms with E-state index in [9.17, 15) is 4.79 Å². The lowest BCUT2D eigenvalue weighted by Crippen LogP contribution is -2.31. The smallest absolute Gasteiger partial charge is 0.223 e. The third-order valence-electron chi connectivity index (χ3n) is 2.63. The van der Waals surface area contributed by atoms with Crippen molar-refractivity contribution in [1.29, 1.82) is 0 Å². The minimum absolute atomic E-state index is 0.0237. The van der Waals surface area contributed by atoms with E-state index in [2.05, 4.69) is 10.6 Å². The number of benzene rings is 1. The molecule has 2 N–H and O–H groups in total. The second-order valence-electron chi connectivity index (χ2n) is 4.32. The number of likely N-dealkylation sites (N-methyl/N-ethyl adjacent to an activating group) is 1. The Balaban J connectivity index is 2.28. The van der Waals surface area contributed by atoms with Crippen LogP contribution in [0, 0.1) is 13.8 Å². The number of rotatable bonds is 7. The van der Waals surface area contributed by atoms with Crippen LogP contribution in [0.2, 0.25) is 0 Å². The van der Waals surface area contributed by atoms with Crippen molar-refractivity contribution in [2.24, 2.45) is 0 Å². The van der Waals surface area contributed by atoms with Crippen molar-refractivity contribution in [2.75, 3.05) is 26.7 Å². The molecule has 1 aromatic rings. The molecule has 0 unspecified atom stereocenters. The molecule has 4 nitrogen and oxygen atoms in total. The first-order valence-electron chi connectivity index (χ1n) is 6.25. The molecule has 0 aliphatic carbocycles. The van der Waals surface area contributed by atoms with Gasteiger partial charge in [0, 0.05) is 13.1 Å². The molecule has 100 valence electrons. The number of amides is 1. The van der Waals surface area contributed by atoms with Crippen LogP contribution in [0.25, 0.3) is 0 Å². The van der Waals surface area contributed by atoms with Gasteiger partial charge < -0.3 is 15.4 Å². The van der Waals surface area contributed by atoms with E-state index in [4.69, 9.17) is 4.74 Å². The second-order valence-corrected chi connectivity index (χ2v) is 4.32. The summed E-state index contributed by atoms with van der Waals surface area (Å²) in [5.74, 6) is 0.883. The monoisotopic (exact) mass is 250 g/mol. The summed E-state index contributed by atoms with van der Waals surface area (Å²) in [6.07, 6.45) is 0.386. The highest BCUT2D eigenvalue weighted by Gasteiger charge is 2.03. The molecule has 18 heavy (non-hydrogen) atoms. The summed E-state index contributed by atoms with van der Waals surface area (Å²) < 4.78 is 5.62. The van der Waals surface area contributed by atoms with Crippen molar-refractivity contribution in [2.45, 2.75) is 20.3 Å². The quantitative estimate of drug-likeness (QED) is 0.719. The molecule has 0 aliphatic heterocycles. The van der Waals surface area contributed by atoms with E-state index < -0.39 is 0 Å². The van der Waals surface area contributed by atoms with Crippen LogP contribution in [0.15, 0.2) is 18.2 Å². The standard InChI is InChI=1S/C14H22N2O2/c1-11-4-5-12(2)13(10-11)18-9-6-14(17)16-8-7-15-3/h4-5,10,15H,6-9H2,1-3H3,(H,16,17). The molecule has 0 atom stereocenters. The molecule has 1 amide bonds. The summed E-state index contributed by atoms with van der Waals surface area (Å²) >= 11 is 0. The van der Waals surface area contributed by atoms with Gasteiger partial charge in [-0.25, -0.2) is 0 Å². The molecule has 0 heterocycles. The van der Waals surface area contributed by atoms with Gasteiger partial charge in [-0.15, -0.1) is 0 Å². The van der Waals surface area contributed by atoms with Gasteiger partial charge >= 0.3 is 0 Å². The van der Waals surface area contributed by atoms with Crippen molar-refractivity contribution in [3.05, 3.63) is 29.3 Å². The summed E-state index contributed by atoms with van der Waals surface area (Å²) in [5, 5.41) is 5.79. The van der Waals surface area contributed by atoms with Crippen molar-refractivity contribution in [3.8, 4) is 5.75 Å². The van der Waals surface area contributed by atoms with Gasteiger partial charge in [0.05, 0.1) is 13.0 Å². The molecule has 1 aromatic carbocycles. The van der Waals surface area contributed by atoms with Gasteiger partial charge in [0.25, 0.3) is 0 Å². The minimum Gasteiger partial charge on any atom is -0.493 e. The Morgan fingerprint density at radius 3 is 2.78 bits per heavy atom. The fourth-order valence-electron chi connectivity index (χ4n) is 1.53. The highest BCUT2D eigenvalue weighted by atomic mass is 16.5. The Morgan fingerprint density at radius 1 is 1.28 bits per heavy atom. The number of ether oxygens (including phenoxy) is 1. The number of nitrogens with one attached hydrogen (secondary N) is 2. The molecule has 0 saturated heterocycles. The van der Waals surface area contributed by atoms with Gasteiger partial charge in [-0.1, -0.05) is 12.1 Å². The number of hydrogen-bond donors (Lipinski definition) is 2. The third-order valence-corrected chi connectivity index (χ3v) is 2.63. The van der Waals surface area contributed by atoms with Gasteiger partial charge in [-0.05, 0) is 38.1 Å². The highest BCUT2D eigenvalue weighted by Crippen LogP contribution is 2.18. The largest absolute Gasteiger partial charge is 0.493 e. The van der Waals surface area contributed by atoms with Crippen LogP contribution in [-0.4, -0.2) is 32.7 Å². The van der Waals surface area contributed by atoms with Crippen LogP contribution in [0.1, 0.15) is 17.5 Å². The fourth-order valence-corrected chi connectivity index (χ4v) is 1.53. The first-order valence-corrected chi connectivity index (χ1v) is 6.25. The van der Waals surface area contributed by atoms with Crippen LogP contribution < -0.4 is 15.4 Å². The van der Waals surface area contributed by atoms with Gasteiger partial charge in [0.15, 0.2) is 0 Å². The molecule has 0 aromatic heterocycles. The van der Waals surface area contributed by atoms with Crippen LogP contribution in [-0.2, 0) is 4.79 Å². The Hall–Kier alpha value is -1.55. The molecule has 0 aliphatic rings. The molecule has 0 fully saturated rings. The summed E-state index contributed by atoms with van der Waals surface area (Å²) in [5.41, 5.74) is 2.25. The summed E-state index contributed by atoms with van der Waals surface area (Å²) in [4.78, 5) is 11.4. The third kappa shape index (κ3) is 5.19. The number of carbonyl (C=O) groups is 1. The van der Waals surface area contributed by atoms with E-state index >= 15 is 0 Å². The molecular weight excluding hydrogens is 228 g/mol. The van der Waals surface area contributed by atoms with E-state index in [0.717, 1.165) is 23.4 Å². The Kier molecular flexibility index (Phi) is 6.22. The van der Waals surface area contributed by atoms with Crippen LogP contribution in [0.4, 0.5) is 0 Å². The fraction of sp³-hybridized carbons (Fsp3) is 0.500. The van der Waals surface area contributed by atoms with E-state index in [1.807, 2.05) is 39.1 Å². The maximum Gasteiger partial charge on any atom is 0.223 e. The summed E-state index contributed by atoms with van der Waals surface area (Å²) in [6.45, 7) is 5.87. The van der Waals surface area contributed by atoms with Crippen LogP contribution in [0.5, 0.6) is 5.75 Å². The Bertz CT molecular complexity index is 391. The zero-order chi connectivity index (χ0) is 13.4. The Morgan fingerprint density at radius 2 is 2.06 bits per heavy atom. The Labute approximate surface area is 109 Å². The van der Waals surface area contributed by atoms with Crippen LogP contribution >= 0.6 is 0 Å². The van der Waals surface area contributed by atoms with Gasteiger partial charge in [0.1, 0.15) is 5.75 Å². The summed E-state index contributed by atoms with van der Waals surface area (Å²) in [7, 11) is 1.86. The zero-order valence-corrected chi connectivity index (χ0v) is 11.4. The lowest BCUT2D eigenvalue weighted by atomic mass is 10.1. The maximum absolute atomic E-state index is 11.4. The maximum atomic E-state index is 11.4. The van der Waals surface area contributed by atoms with Gasteiger partial charge in [-0.3, -0.25) is 4.79 Å². The number of hydrogen-bond acceptors (Lipinski definition) is 3. The van der Waals surface area contributed by atoms with Gasteiger partial charge in [-0.2, -0.15) is 0 Å².